The minimum atomic E-state index is -0.896. The summed E-state index contributed by atoms with van der Waals surface area (Å²) in [4.78, 5) is 10.7. The van der Waals surface area contributed by atoms with Gasteiger partial charge in [0.25, 0.3) is 0 Å². The van der Waals surface area contributed by atoms with E-state index in [1.54, 1.807) is 6.92 Å². The van der Waals surface area contributed by atoms with Crippen LogP contribution in [0.25, 0.3) is 0 Å². The van der Waals surface area contributed by atoms with Gasteiger partial charge in [-0.2, -0.15) is 0 Å². The number of carbonyl (C=O) groups excluding carboxylic acids is 1. The van der Waals surface area contributed by atoms with Gasteiger partial charge in [0, 0.05) is 12.6 Å². The molecule has 0 spiro atoms. The summed E-state index contributed by atoms with van der Waals surface area (Å²) in [5, 5.41) is 21.3. The summed E-state index contributed by atoms with van der Waals surface area (Å²) in [6, 6.07) is -0.419. The second kappa shape index (κ2) is 3.38. The number of hydrogen-bond donors (Lipinski definition) is 4. The Morgan fingerprint density at radius 1 is 1.67 bits per heavy atom. The monoisotopic (exact) mass is 174 g/mol. The number of hydrogen-bond acceptors (Lipinski definition) is 4. The van der Waals surface area contributed by atoms with Crippen molar-refractivity contribution >= 4 is 5.91 Å². The van der Waals surface area contributed by atoms with E-state index >= 15 is 0 Å². The van der Waals surface area contributed by atoms with Crippen LogP contribution in [0.5, 0.6) is 0 Å². The summed E-state index contributed by atoms with van der Waals surface area (Å²) < 4.78 is 0. The highest BCUT2D eigenvalue weighted by atomic mass is 16.3. The molecule has 0 bridgehead atoms. The van der Waals surface area contributed by atoms with Crippen molar-refractivity contribution in [3.8, 4) is 0 Å². The normalized spacial score (nSPS) is 38.1. The Labute approximate surface area is 70.6 Å². The summed E-state index contributed by atoms with van der Waals surface area (Å²) in [6.45, 7) is 1.94. The third-order valence-electron chi connectivity index (χ3n) is 2.31. The molecule has 1 amide bonds. The lowest BCUT2D eigenvalue weighted by atomic mass is 9.97. The highest BCUT2D eigenvalue weighted by molar-refractivity contribution is 5.77. The first-order chi connectivity index (χ1) is 5.54. The first-order valence-corrected chi connectivity index (χ1v) is 3.93. The Morgan fingerprint density at radius 2 is 2.25 bits per heavy atom. The molecule has 12 heavy (non-hydrogen) atoms. The fourth-order valence-electron chi connectivity index (χ4n) is 1.39. The standard InChI is InChI=1S/C7H14N2O3/c1-3(7(8)12)5-6(11)4(10)2-9-5/h3-6,9-11H,2H2,1H3,(H2,8,12). The van der Waals surface area contributed by atoms with Gasteiger partial charge in [-0.05, 0) is 0 Å². The molecule has 4 unspecified atom stereocenters. The van der Waals surface area contributed by atoms with Gasteiger partial charge in [0.15, 0.2) is 0 Å². The Bertz CT molecular complexity index is 185. The fraction of sp³-hybridized carbons (Fsp3) is 0.857. The molecule has 1 aliphatic heterocycles. The molecule has 0 aliphatic carbocycles. The maximum Gasteiger partial charge on any atom is 0.221 e. The van der Waals surface area contributed by atoms with Gasteiger partial charge in [0.2, 0.25) is 5.91 Å². The molecule has 5 N–H and O–H groups in total. The van der Waals surface area contributed by atoms with E-state index < -0.39 is 30.1 Å². The van der Waals surface area contributed by atoms with Crippen molar-refractivity contribution in [3.63, 3.8) is 0 Å². The molecule has 4 atom stereocenters. The van der Waals surface area contributed by atoms with Crippen molar-refractivity contribution < 1.29 is 15.0 Å². The summed E-state index contributed by atoms with van der Waals surface area (Å²) in [7, 11) is 0. The SMILES string of the molecule is CC(C(N)=O)C1NCC(O)C1O. The van der Waals surface area contributed by atoms with Crippen LogP contribution in [0.15, 0.2) is 0 Å². The van der Waals surface area contributed by atoms with Crippen LogP contribution in [0, 0.1) is 5.92 Å². The third kappa shape index (κ3) is 1.57. The van der Waals surface area contributed by atoms with Crippen molar-refractivity contribution in [2.45, 2.75) is 25.2 Å². The van der Waals surface area contributed by atoms with Crippen molar-refractivity contribution in [2.24, 2.45) is 11.7 Å². The molecule has 1 rings (SSSR count). The van der Waals surface area contributed by atoms with Crippen LogP contribution in [0.2, 0.25) is 0 Å². The molecule has 1 heterocycles. The van der Waals surface area contributed by atoms with Gasteiger partial charge in [-0.25, -0.2) is 0 Å². The Hall–Kier alpha value is -0.650. The zero-order chi connectivity index (χ0) is 9.30. The Morgan fingerprint density at radius 3 is 2.58 bits per heavy atom. The maximum absolute atomic E-state index is 10.7. The van der Waals surface area contributed by atoms with Crippen molar-refractivity contribution in [1.82, 2.24) is 5.32 Å². The molecule has 5 nitrogen and oxygen atoms in total. The van der Waals surface area contributed by atoms with Crippen molar-refractivity contribution in [2.75, 3.05) is 6.54 Å². The molecule has 1 aliphatic rings. The number of amides is 1. The van der Waals surface area contributed by atoms with Crippen LogP contribution in [0.3, 0.4) is 0 Å². The highest BCUT2D eigenvalue weighted by Gasteiger charge is 2.38. The van der Waals surface area contributed by atoms with Gasteiger partial charge in [0.1, 0.15) is 0 Å². The summed E-state index contributed by atoms with van der Waals surface area (Å²) in [5.74, 6) is -0.933. The van der Waals surface area contributed by atoms with Crippen LogP contribution < -0.4 is 11.1 Å². The summed E-state index contributed by atoms with van der Waals surface area (Å²) in [6.07, 6.45) is -1.69. The number of nitrogens with two attached hydrogens (primary N) is 1. The number of primary amides is 1. The van der Waals surface area contributed by atoms with Crippen LogP contribution >= 0.6 is 0 Å². The fourth-order valence-corrected chi connectivity index (χ4v) is 1.39. The van der Waals surface area contributed by atoms with E-state index in [0.29, 0.717) is 6.54 Å². The van der Waals surface area contributed by atoms with E-state index in [0.717, 1.165) is 0 Å². The summed E-state index contributed by atoms with van der Waals surface area (Å²) in [5.41, 5.74) is 5.05. The van der Waals surface area contributed by atoms with Gasteiger partial charge in [-0.1, -0.05) is 6.92 Å². The van der Waals surface area contributed by atoms with E-state index in [1.807, 2.05) is 0 Å². The van der Waals surface area contributed by atoms with E-state index in [1.165, 1.54) is 0 Å². The molecule has 0 aromatic carbocycles. The number of rotatable bonds is 2. The highest BCUT2D eigenvalue weighted by Crippen LogP contribution is 2.15. The quantitative estimate of drug-likeness (QED) is 0.382. The molecule has 70 valence electrons. The molecule has 0 aromatic heterocycles. The van der Waals surface area contributed by atoms with Gasteiger partial charge >= 0.3 is 0 Å². The lowest BCUT2D eigenvalue weighted by Gasteiger charge is -2.20. The predicted octanol–water partition coefficient (Wildman–Crippen LogP) is -2.20. The predicted molar refractivity (Wildman–Crippen MR) is 42.2 cm³/mol. The molecule has 5 heteroatoms. The minimum absolute atomic E-state index is 0.309. The molecule has 0 saturated carbocycles. The van der Waals surface area contributed by atoms with Gasteiger partial charge in [-0.15, -0.1) is 0 Å². The first-order valence-electron chi connectivity index (χ1n) is 3.93. The largest absolute Gasteiger partial charge is 0.389 e. The smallest absolute Gasteiger partial charge is 0.221 e. The molecular weight excluding hydrogens is 160 g/mol. The van der Waals surface area contributed by atoms with Crippen LogP contribution in [0.4, 0.5) is 0 Å². The molecular formula is C7H14N2O3. The maximum atomic E-state index is 10.7. The van der Waals surface area contributed by atoms with E-state index in [2.05, 4.69) is 5.32 Å². The van der Waals surface area contributed by atoms with Crippen LogP contribution in [0.1, 0.15) is 6.92 Å². The van der Waals surface area contributed by atoms with Crippen LogP contribution in [-0.2, 0) is 4.79 Å². The van der Waals surface area contributed by atoms with E-state index in [-0.39, 0.29) is 0 Å². The molecule has 0 radical (unpaired) electrons. The first kappa shape index (κ1) is 9.44. The van der Waals surface area contributed by atoms with E-state index in [9.17, 15) is 9.90 Å². The minimum Gasteiger partial charge on any atom is -0.389 e. The zero-order valence-electron chi connectivity index (χ0n) is 6.90. The number of nitrogens with one attached hydrogen (secondary N) is 1. The summed E-state index contributed by atoms with van der Waals surface area (Å²) >= 11 is 0. The third-order valence-corrected chi connectivity index (χ3v) is 2.31. The average Bonchev–Trinajstić information content (AvgIpc) is 2.32. The van der Waals surface area contributed by atoms with Crippen LogP contribution in [-0.4, -0.2) is 40.9 Å². The van der Waals surface area contributed by atoms with Crippen molar-refractivity contribution in [3.05, 3.63) is 0 Å². The zero-order valence-corrected chi connectivity index (χ0v) is 6.90. The van der Waals surface area contributed by atoms with Gasteiger partial charge in [0.05, 0.1) is 18.1 Å². The lowest BCUT2D eigenvalue weighted by Crippen LogP contribution is -2.44. The lowest BCUT2D eigenvalue weighted by molar-refractivity contribution is -0.123. The molecule has 1 saturated heterocycles. The number of β-amino-alcohol motifs (C(OH)–C–C–N with tert-alkyl or cyclic N) is 1. The van der Waals surface area contributed by atoms with Gasteiger partial charge < -0.3 is 21.3 Å². The average molecular weight is 174 g/mol. The van der Waals surface area contributed by atoms with E-state index in [4.69, 9.17) is 10.8 Å². The number of carbonyl (C=O) groups is 1. The molecule has 1 fully saturated rings. The molecule has 0 aromatic rings. The number of aliphatic hydroxyl groups excluding tert-OH is 2. The second-order valence-corrected chi connectivity index (χ2v) is 3.18. The van der Waals surface area contributed by atoms with Crippen molar-refractivity contribution in [1.29, 1.82) is 0 Å². The Kier molecular flexibility index (Phi) is 2.66. The Balaban J connectivity index is 2.59. The second-order valence-electron chi connectivity index (χ2n) is 3.18. The number of aliphatic hydroxyl groups is 2. The topological polar surface area (TPSA) is 95.6 Å². The van der Waals surface area contributed by atoms with Gasteiger partial charge in [-0.3, -0.25) is 4.79 Å².